The average molecular weight is 312 g/mol. The minimum absolute atomic E-state index is 0.237. The van der Waals surface area contributed by atoms with Crippen molar-refractivity contribution in [3.8, 4) is 0 Å². The molecule has 1 aromatic carbocycles. The molecule has 0 aliphatic heterocycles. The number of rotatable bonds is 5. The predicted octanol–water partition coefficient (Wildman–Crippen LogP) is 2.94. The Kier molecular flexibility index (Phi) is 4.49. The molecule has 0 amide bonds. The van der Waals surface area contributed by atoms with Crippen LogP contribution in [0.15, 0.2) is 35.1 Å². The highest BCUT2D eigenvalue weighted by atomic mass is 79.9. The van der Waals surface area contributed by atoms with E-state index >= 15 is 0 Å². The standard InChI is InChI=1S/C13H15BrFN3/c1-2-16-6-11-7-17-18(9-11)8-10-3-12(14)5-13(15)4-10/h3-5,7,9,16H,2,6,8H2,1H3. The van der Waals surface area contributed by atoms with Crippen LogP contribution in [0.5, 0.6) is 0 Å². The van der Waals surface area contributed by atoms with E-state index in [1.54, 1.807) is 0 Å². The second-order valence-corrected chi connectivity index (χ2v) is 5.02. The van der Waals surface area contributed by atoms with Crippen LogP contribution < -0.4 is 5.32 Å². The number of aromatic nitrogens is 2. The third-order valence-corrected chi connectivity index (χ3v) is 2.99. The second-order valence-electron chi connectivity index (χ2n) is 4.10. The summed E-state index contributed by atoms with van der Waals surface area (Å²) in [4.78, 5) is 0. The molecular formula is C13H15BrFN3. The fourth-order valence-electron chi connectivity index (χ4n) is 1.74. The van der Waals surface area contributed by atoms with Crippen molar-refractivity contribution in [1.29, 1.82) is 0 Å². The first kappa shape index (κ1) is 13.2. The summed E-state index contributed by atoms with van der Waals surface area (Å²) in [5, 5.41) is 7.50. The lowest BCUT2D eigenvalue weighted by molar-refractivity contribution is 0.618. The Balaban J connectivity index is 2.06. The Hall–Kier alpha value is -1.20. The summed E-state index contributed by atoms with van der Waals surface area (Å²) in [7, 11) is 0. The topological polar surface area (TPSA) is 29.9 Å². The lowest BCUT2D eigenvalue weighted by Gasteiger charge is -2.03. The molecule has 3 nitrogen and oxygen atoms in total. The first-order valence-corrected chi connectivity index (χ1v) is 6.63. The van der Waals surface area contributed by atoms with Gasteiger partial charge >= 0.3 is 0 Å². The van der Waals surface area contributed by atoms with E-state index in [4.69, 9.17) is 0 Å². The maximum absolute atomic E-state index is 13.2. The minimum atomic E-state index is -0.237. The molecule has 1 N–H and O–H groups in total. The molecule has 0 aliphatic carbocycles. The number of halogens is 2. The predicted molar refractivity (Wildman–Crippen MR) is 72.8 cm³/mol. The third kappa shape index (κ3) is 3.65. The molecule has 0 atom stereocenters. The second kappa shape index (κ2) is 6.11. The molecule has 0 saturated carbocycles. The van der Waals surface area contributed by atoms with Crippen LogP contribution in [0, 0.1) is 5.82 Å². The number of hydrogen-bond acceptors (Lipinski definition) is 2. The van der Waals surface area contributed by atoms with Gasteiger partial charge in [-0.3, -0.25) is 4.68 Å². The maximum Gasteiger partial charge on any atom is 0.124 e. The van der Waals surface area contributed by atoms with Gasteiger partial charge in [0.15, 0.2) is 0 Å². The van der Waals surface area contributed by atoms with Crippen LogP contribution in [0.4, 0.5) is 4.39 Å². The zero-order valence-electron chi connectivity index (χ0n) is 10.2. The summed E-state index contributed by atoms with van der Waals surface area (Å²) >= 11 is 3.29. The van der Waals surface area contributed by atoms with Crippen LogP contribution in [-0.2, 0) is 13.1 Å². The van der Waals surface area contributed by atoms with Crippen molar-refractivity contribution >= 4 is 15.9 Å². The molecule has 18 heavy (non-hydrogen) atoms. The van der Waals surface area contributed by atoms with E-state index in [0.717, 1.165) is 28.7 Å². The summed E-state index contributed by atoms with van der Waals surface area (Å²) in [5.74, 6) is -0.237. The summed E-state index contributed by atoms with van der Waals surface area (Å²) < 4.78 is 15.8. The summed E-state index contributed by atoms with van der Waals surface area (Å²) in [6.45, 7) is 4.38. The van der Waals surface area contributed by atoms with Crippen LogP contribution in [0.25, 0.3) is 0 Å². The van der Waals surface area contributed by atoms with Gasteiger partial charge in [-0.1, -0.05) is 22.9 Å². The van der Waals surface area contributed by atoms with Gasteiger partial charge in [-0.2, -0.15) is 5.10 Å². The Morgan fingerprint density at radius 1 is 1.33 bits per heavy atom. The van der Waals surface area contributed by atoms with Crippen molar-refractivity contribution < 1.29 is 4.39 Å². The zero-order chi connectivity index (χ0) is 13.0. The van der Waals surface area contributed by atoms with E-state index in [-0.39, 0.29) is 5.82 Å². The SMILES string of the molecule is CCNCc1cnn(Cc2cc(F)cc(Br)c2)c1. The molecule has 2 aromatic rings. The zero-order valence-corrected chi connectivity index (χ0v) is 11.7. The van der Waals surface area contributed by atoms with Crippen molar-refractivity contribution in [1.82, 2.24) is 15.1 Å². The van der Waals surface area contributed by atoms with E-state index < -0.39 is 0 Å². The molecule has 96 valence electrons. The van der Waals surface area contributed by atoms with Crippen LogP contribution in [-0.4, -0.2) is 16.3 Å². The van der Waals surface area contributed by atoms with Crippen LogP contribution in [0.2, 0.25) is 0 Å². The van der Waals surface area contributed by atoms with E-state index in [1.807, 2.05) is 23.1 Å². The van der Waals surface area contributed by atoms with Crippen LogP contribution in [0.3, 0.4) is 0 Å². The Labute approximate surface area is 114 Å². The summed E-state index contributed by atoms with van der Waals surface area (Å²) in [6.07, 6.45) is 3.80. The molecule has 2 rings (SSSR count). The summed E-state index contributed by atoms with van der Waals surface area (Å²) in [5.41, 5.74) is 2.02. The molecule has 0 radical (unpaired) electrons. The molecule has 0 fully saturated rings. The highest BCUT2D eigenvalue weighted by molar-refractivity contribution is 9.10. The third-order valence-electron chi connectivity index (χ3n) is 2.53. The summed E-state index contributed by atoms with van der Waals surface area (Å²) in [6, 6.07) is 4.87. The van der Waals surface area contributed by atoms with E-state index in [2.05, 4.69) is 33.3 Å². The van der Waals surface area contributed by atoms with E-state index in [9.17, 15) is 4.39 Å². The molecule has 0 spiro atoms. The van der Waals surface area contributed by atoms with Crippen molar-refractivity contribution in [3.05, 3.63) is 52.0 Å². The Morgan fingerprint density at radius 2 is 2.17 bits per heavy atom. The van der Waals surface area contributed by atoms with Gasteiger partial charge in [0, 0.05) is 22.8 Å². The van der Waals surface area contributed by atoms with Crippen molar-refractivity contribution in [3.63, 3.8) is 0 Å². The van der Waals surface area contributed by atoms with Gasteiger partial charge in [-0.25, -0.2) is 4.39 Å². The van der Waals surface area contributed by atoms with Gasteiger partial charge in [0.25, 0.3) is 0 Å². The fourth-order valence-corrected chi connectivity index (χ4v) is 2.26. The fraction of sp³-hybridized carbons (Fsp3) is 0.308. The molecule has 0 aliphatic rings. The molecule has 0 bridgehead atoms. The van der Waals surface area contributed by atoms with Gasteiger partial charge in [-0.05, 0) is 30.3 Å². The number of nitrogens with zero attached hydrogens (tertiary/aromatic N) is 2. The van der Waals surface area contributed by atoms with Crippen molar-refractivity contribution in [2.75, 3.05) is 6.54 Å². The van der Waals surface area contributed by atoms with E-state index in [1.165, 1.54) is 12.1 Å². The Bertz CT molecular complexity index is 504. The van der Waals surface area contributed by atoms with Gasteiger partial charge in [0.05, 0.1) is 12.7 Å². The van der Waals surface area contributed by atoms with E-state index in [0.29, 0.717) is 6.54 Å². The molecule has 1 heterocycles. The van der Waals surface area contributed by atoms with Gasteiger partial charge in [0.2, 0.25) is 0 Å². The number of benzene rings is 1. The van der Waals surface area contributed by atoms with Gasteiger partial charge in [0.1, 0.15) is 5.82 Å². The van der Waals surface area contributed by atoms with Crippen LogP contribution >= 0.6 is 15.9 Å². The maximum atomic E-state index is 13.2. The minimum Gasteiger partial charge on any atom is -0.313 e. The molecule has 5 heteroatoms. The molecular weight excluding hydrogens is 297 g/mol. The van der Waals surface area contributed by atoms with Crippen LogP contribution in [0.1, 0.15) is 18.1 Å². The number of nitrogens with one attached hydrogen (secondary N) is 1. The Morgan fingerprint density at radius 3 is 2.89 bits per heavy atom. The average Bonchev–Trinajstić information content (AvgIpc) is 2.72. The van der Waals surface area contributed by atoms with Crippen molar-refractivity contribution in [2.45, 2.75) is 20.0 Å². The molecule has 1 aromatic heterocycles. The lowest BCUT2D eigenvalue weighted by atomic mass is 10.2. The monoisotopic (exact) mass is 311 g/mol. The first-order valence-electron chi connectivity index (χ1n) is 5.84. The normalized spacial score (nSPS) is 10.8. The van der Waals surface area contributed by atoms with Crippen molar-refractivity contribution in [2.24, 2.45) is 0 Å². The highest BCUT2D eigenvalue weighted by Gasteiger charge is 2.02. The lowest BCUT2D eigenvalue weighted by Crippen LogP contribution is -2.11. The number of hydrogen-bond donors (Lipinski definition) is 1. The smallest absolute Gasteiger partial charge is 0.124 e. The highest BCUT2D eigenvalue weighted by Crippen LogP contribution is 2.15. The van der Waals surface area contributed by atoms with Gasteiger partial charge in [-0.15, -0.1) is 0 Å². The molecule has 0 unspecified atom stereocenters. The first-order chi connectivity index (χ1) is 8.67. The largest absolute Gasteiger partial charge is 0.313 e. The molecule has 0 saturated heterocycles. The van der Waals surface area contributed by atoms with Gasteiger partial charge < -0.3 is 5.32 Å². The quantitative estimate of drug-likeness (QED) is 0.920.